The van der Waals surface area contributed by atoms with Gasteiger partial charge in [-0.3, -0.25) is 0 Å². The van der Waals surface area contributed by atoms with Crippen LogP contribution in [-0.2, 0) is 10.0 Å². The lowest BCUT2D eigenvalue weighted by molar-refractivity contribution is 0.349. The van der Waals surface area contributed by atoms with Gasteiger partial charge in [-0.25, -0.2) is 8.42 Å². The van der Waals surface area contributed by atoms with E-state index in [2.05, 4.69) is 0 Å². The molecule has 0 amide bonds. The molecule has 1 atom stereocenters. The maximum absolute atomic E-state index is 12.8. The molecule has 23 heavy (non-hydrogen) atoms. The summed E-state index contributed by atoms with van der Waals surface area (Å²) in [6, 6.07) is 8.17. The van der Waals surface area contributed by atoms with Crippen LogP contribution in [0.5, 0.6) is 11.5 Å². The van der Waals surface area contributed by atoms with Crippen LogP contribution in [0, 0.1) is 0 Å². The number of ether oxygens (including phenoxy) is 2. The predicted molar refractivity (Wildman–Crippen MR) is 84.1 cm³/mol. The first-order valence-electron chi connectivity index (χ1n) is 7.35. The molecule has 3 rings (SSSR count). The van der Waals surface area contributed by atoms with Gasteiger partial charge in [-0.1, -0.05) is 0 Å². The minimum atomic E-state index is -3.67. The summed E-state index contributed by atoms with van der Waals surface area (Å²) in [6.45, 7) is 0.452. The first-order chi connectivity index (χ1) is 11.1. The van der Waals surface area contributed by atoms with Crippen LogP contribution in [0.25, 0.3) is 0 Å². The third-order valence-corrected chi connectivity index (χ3v) is 5.85. The number of methoxy groups -OCH3 is 2. The minimum Gasteiger partial charge on any atom is -0.497 e. The lowest BCUT2D eigenvalue weighted by atomic mass is 10.0. The van der Waals surface area contributed by atoms with Crippen LogP contribution in [0.1, 0.15) is 24.4 Å². The second-order valence-electron chi connectivity index (χ2n) is 5.31. The maximum atomic E-state index is 12.8. The van der Waals surface area contributed by atoms with E-state index in [-0.39, 0.29) is 11.1 Å². The first-order valence-corrected chi connectivity index (χ1v) is 8.79. The highest BCUT2D eigenvalue weighted by molar-refractivity contribution is 7.89. The van der Waals surface area contributed by atoms with Gasteiger partial charge in [-0.15, -0.1) is 0 Å². The van der Waals surface area contributed by atoms with Crippen LogP contribution in [-0.4, -0.2) is 33.5 Å². The third kappa shape index (κ3) is 2.82. The van der Waals surface area contributed by atoms with Crippen molar-refractivity contribution in [1.82, 2.24) is 4.31 Å². The van der Waals surface area contributed by atoms with E-state index in [0.717, 1.165) is 18.4 Å². The highest BCUT2D eigenvalue weighted by Crippen LogP contribution is 2.41. The number of nitrogens with zero attached hydrogens (tertiary/aromatic N) is 1. The molecule has 0 aliphatic carbocycles. The topological polar surface area (TPSA) is 69.0 Å². The molecule has 2 heterocycles. The Labute approximate surface area is 135 Å². The van der Waals surface area contributed by atoms with E-state index in [0.29, 0.717) is 18.0 Å². The van der Waals surface area contributed by atoms with Crippen LogP contribution in [0.3, 0.4) is 0 Å². The van der Waals surface area contributed by atoms with Crippen molar-refractivity contribution in [3.8, 4) is 11.5 Å². The summed E-state index contributed by atoms with van der Waals surface area (Å²) in [5.41, 5.74) is 0.805. The lowest BCUT2D eigenvalue weighted by Crippen LogP contribution is -2.30. The molecule has 6 nitrogen and oxygen atoms in total. The Hall–Kier alpha value is -1.99. The zero-order chi connectivity index (χ0) is 16.4. The molecular weight excluding hydrogens is 318 g/mol. The fourth-order valence-electron chi connectivity index (χ4n) is 2.96. The minimum absolute atomic E-state index is 0.0359. The summed E-state index contributed by atoms with van der Waals surface area (Å²) < 4.78 is 42.8. The average molecular weight is 337 g/mol. The van der Waals surface area contributed by atoms with Crippen LogP contribution < -0.4 is 9.47 Å². The van der Waals surface area contributed by atoms with Crippen molar-refractivity contribution >= 4 is 10.0 Å². The van der Waals surface area contributed by atoms with Gasteiger partial charge < -0.3 is 13.9 Å². The molecule has 7 heteroatoms. The smallest absolute Gasteiger partial charge is 0.277 e. The molecule has 124 valence electrons. The SMILES string of the molecule is COc1ccc(OC)c([C@@H]2CCCN2S(=O)(=O)c2ccco2)c1. The van der Waals surface area contributed by atoms with Crippen LogP contribution >= 0.6 is 0 Å². The van der Waals surface area contributed by atoms with Gasteiger partial charge in [0.15, 0.2) is 0 Å². The molecule has 0 saturated carbocycles. The van der Waals surface area contributed by atoms with Crippen molar-refractivity contribution in [2.45, 2.75) is 24.0 Å². The summed E-state index contributed by atoms with van der Waals surface area (Å²) in [4.78, 5) is 0. The Bertz CT molecular complexity index is 770. The molecular formula is C16H19NO5S. The van der Waals surface area contributed by atoms with Gasteiger partial charge in [0.05, 0.1) is 26.5 Å². The molecule has 0 N–H and O–H groups in total. The van der Waals surface area contributed by atoms with Crippen LogP contribution in [0.4, 0.5) is 0 Å². The summed E-state index contributed by atoms with van der Waals surface area (Å²) in [7, 11) is -0.511. The number of rotatable bonds is 5. The summed E-state index contributed by atoms with van der Waals surface area (Å²) in [5.74, 6) is 1.32. The summed E-state index contributed by atoms with van der Waals surface area (Å²) in [5, 5.41) is -0.0359. The quantitative estimate of drug-likeness (QED) is 0.839. The van der Waals surface area contributed by atoms with E-state index in [1.807, 2.05) is 6.07 Å². The number of furan rings is 1. The van der Waals surface area contributed by atoms with Crippen molar-refractivity contribution in [2.75, 3.05) is 20.8 Å². The van der Waals surface area contributed by atoms with Gasteiger partial charge in [0.1, 0.15) is 11.5 Å². The van der Waals surface area contributed by atoms with Crippen LogP contribution in [0.2, 0.25) is 0 Å². The number of sulfonamides is 1. The van der Waals surface area contributed by atoms with Gasteiger partial charge in [-0.05, 0) is 43.2 Å². The highest BCUT2D eigenvalue weighted by Gasteiger charge is 2.39. The van der Waals surface area contributed by atoms with Gasteiger partial charge in [-0.2, -0.15) is 4.31 Å². The Morgan fingerprint density at radius 1 is 1.22 bits per heavy atom. The fraction of sp³-hybridized carbons (Fsp3) is 0.375. The molecule has 1 aromatic carbocycles. The van der Waals surface area contributed by atoms with Crippen molar-refractivity contribution in [1.29, 1.82) is 0 Å². The Balaban J connectivity index is 2.03. The number of benzene rings is 1. The molecule has 1 saturated heterocycles. The highest BCUT2D eigenvalue weighted by atomic mass is 32.2. The molecule has 0 unspecified atom stereocenters. The van der Waals surface area contributed by atoms with E-state index in [9.17, 15) is 8.42 Å². The zero-order valence-electron chi connectivity index (χ0n) is 13.1. The van der Waals surface area contributed by atoms with Gasteiger partial charge in [0.2, 0.25) is 5.09 Å². The third-order valence-electron chi connectivity index (χ3n) is 4.06. The number of hydrogen-bond donors (Lipinski definition) is 0. The van der Waals surface area contributed by atoms with Gasteiger partial charge in [0.25, 0.3) is 10.0 Å². The summed E-state index contributed by atoms with van der Waals surface area (Å²) in [6.07, 6.45) is 2.87. The van der Waals surface area contributed by atoms with E-state index in [1.54, 1.807) is 32.4 Å². The van der Waals surface area contributed by atoms with Crippen molar-refractivity contribution in [2.24, 2.45) is 0 Å². The fourth-order valence-corrected chi connectivity index (χ4v) is 4.55. The van der Waals surface area contributed by atoms with Gasteiger partial charge >= 0.3 is 0 Å². The molecule has 1 fully saturated rings. The molecule has 2 aromatic rings. The average Bonchev–Trinajstić information content (AvgIpc) is 3.25. The Morgan fingerprint density at radius 3 is 2.70 bits per heavy atom. The van der Waals surface area contributed by atoms with Crippen LogP contribution in [0.15, 0.2) is 46.1 Å². The second-order valence-corrected chi connectivity index (χ2v) is 7.14. The normalized spacial score (nSPS) is 19.0. The van der Waals surface area contributed by atoms with E-state index < -0.39 is 10.0 Å². The largest absolute Gasteiger partial charge is 0.497 e. The summed E-state index contributed by atoms with van der Waals surface area (Å²) >= 11 is 0. The molecule has 1 aliphatic rings. The standard InChI is InChI=1S/C16H19NO5S/c1-20-12-7-8-15(21-2)13(11-12)14-5-3-9-17(14)23(18,19)16-6-4-10-22-16/h4,6-8,10-11,14H,3,5,9H2,1-2H3/t14-/m0/s1. The molecule has 0 radical (unpaired) electrons. The lowest BCUT2D eigenvalue weighted by Gasteiger charge is -2.25. The molecule has 0 bridgehead atoms. The molecule has 0 spiro atoms. The first kappa shape index (κ1) is 15.9. The van der Waals surface area contributed by atoms with Crippen molar-refractivity contribution < 1.29 is 22.3 Å². The van der Waals surface area contributed by atoms with E-state index >= 15 is 0 Å². The van der Waals surface area contributed by atoms with E-state index in [4.69, 9.17) is 13.9 Å². The van der Waals surface area contributed by atoms with Crippen molar-refractivity contribution in [3.05, 3.63) is 42.2 Å². The second kappa shape index (κ2) is 6.25. The molecule has 1 aliphatic heterocycles. The molecule has 1 aromatic heterocycles. The predicted octanol–water partition coefficient (Wildman–Crippen LogP) is 2.82. The monoisotopic (exact) mass is 337 g/mol. The Morgan fingerprint density at radius 2 is 2.04 bits per heavy atom. The zero-order valence-corrected chi connectivity index (χ0v) is 13.9. The van der Waals surface area contributed by atoms with Gasteiger partial charge in [0, 0.05) is 12.1 Å². The Kier molecular flexibility index (Phi) is 4.32. The maximum Gasteiger partial charge on any atom is 0.277 e. The van der Waals surface area contributed by atoms with E-state index in [1.165, 1.54) is 16.6 Å². The van der Waals surface area contributed by atoms with Crippen molar-refractivity contribution in [3.63, 3.8) is 0 Å². The number of hydrogen-bond acceptors (Lipinski definition) is 5.